The minimum Gasteiger partial charge on any atom is -0.315 e. The lowest BCUT2D eigenvalue weighted by Gasteiger charge is -2.12. The van der Waals surface area contributed by atoms with Crippen molar-refractivity contribution in [3.63, 3.8) is 0 Å². The highest BCUT2D eigenvalue weighted by molar-refractivity contribution is 7.98. The molecule has 1 saturated heterocycles. The molecule has 1 aromatic rings. The predicted octanol–water partition coefficient (Wildman–Crippen LogP) is 1.05. The number of hydrogen-bond acceptors (Lipinski definition) is 4. The molecule has 0 radical (unpaired) electrons. The highest BCUT2D eigenvalue weighted by Crippen LogP contribution is 2.19. The van der Waals surface area contributed by atoms with Crippen LogP contribution in [0.4, 0.5) is 0 Å². The van der Waals surface area contributed by atoms with Crippen molar-refractivity contribution in [3.05, 3.63) is 24.3 Å². The van der Waals surface area contributed by atoms with Crippen LogP contribution in [0.25, 0.3) is 0 Å². The highest BCUT2D eigenvalue weighted by Gasteiger charge is 2.22. The molecule has 1 aromatic carbocycles. The summed E-state index contributed by atoms with van der Waals surface area (Å²) in [7, 11) is -3.38. The Kier molecular flexibility index (Phi) is 4.09. The van der Waals surface area contributed by atoms with E-state index in [2.05, 4.69) is 10.0 Å². The van der Waals surface area contributed by atoms with Crippen LogP contribution >= 0.6 is 11.8 Å². The lowest BCUT2D eigenvalue weighted by atomic mass is 10.3. The van der Waals surface area contributed by atoms with Gasteiger partial charge in [-0.05, 0) is 37.4 Å². The summed E-state index contributed by atoms with van der Waals surface area (Å²) in [6.45, 7) is 1.58. The Morgan fingerprint density at radius 3 is 2.94 bits per heavy atom. The van der Waals surface area contributed by atoms with Crippen LogP contribution in [0, 0.1) is 0 Å². The van der Waals surface area contributed by atoms with Crippen molar-refractivity contribution in [2.45, 2.75) is 22.3 Å². The molecular formula is C11H16N2O2S2. The van der Waals surface area contributed by atoms with Gasteiger partial charge in [-0.2, -0.15) is 0 Å². The van der Waals surface area contributed by atoms with Crippen molar-refractivity contribution < 1.29 is 8.42 Å². The van der Waals surface area contributed by atoms with Gasteiger partial charge in [-0.25, -0.2) is 13.1 Å². The summed E-state index contributed by atoms with van der Waals surface area (Å²) in [4.78, 5) is 1.30. The van der Waals surface area contributed by atoms with Gasteiger partial charge < -0.3 is 5.32 Å². The molecule has 0 aromatic heterocycles. The number of hydrogen-bond donors (Lipinski definition) is 2. The van der Waals surface area contributed by atoms with E-state index in [0.717, 1.165) is 17.9 Å². The smallest absolute Gasteiger partial charge is 0.240 e. The van der Waals surface area contributed by atoms with Crippen LogP contribution in [-0.4, -0.2) is 33.8 Å². The lowest BCUT2D eigenvalue weighted by Crippen LogP contribution is -2.36. The van der Waals surface area contributed by atoms with Crippen molar-refractivity contribution in [1.82, 2.24) is 10.0 Å². The molecule has 4 nitrogen and oxygen atoms in total. The maximum atomic E-state index is 12.1. The molecule has 94 valence electrons. The summed E-state index contributed by atoms with van der Waals surface area (Å²) in [6.07, 6.45) is 2.78. The van der Waals surface area contributed by atoms with Gasteiger partial charge in [-0.1, -0.05) is 6.07 Å². The first-order valence-electron chi connectivity index (χ1n) is 5.49. The van der Waals surface area contributed by atoms with Gasteiger partial charge in [0.15, 0.2) is 0 Å². The number of rotatable bonds is 4. The molecule has 1 aliphatic rings. The van der Waals surface area contributed by atoms with Crippen LogP contribution in [0.5, 0.6) is 0 Å². The summed E-state index contributed by atoms with van der Waals surface area (Å²) in [6, 6.07) is 7.02. The quantitative estimate of drug-likeness (QED) is 0.804. The Morgan fingerprint density at radius 1 is 1.47 bits per heavy atom. The first-order chi connectivity index (χ1) is 8.12. The van der Waals surface area contributed by atoms with Gasteiger partial charge in [0.05, 0.1) is 4.90 Å². The SMILES string of the molecule is CSc1cccc(S(=O)(=O)NC2CCNC2)c1. The minimum absolute atomic E-state index is 0.0120. The molecule has 1 unspecified atom stereocenters. The van der Waals surface area contributed by atoms with E-state index in [4.69, 9.17) is 0 Å². The molecule has 1 aliphatic heterocycles. The number of sulfonamides is 1. The van der Waals surface area contributed by atoms with E-state index in [1.54, 1.807) is 18.2 Å². The number of thioether (sulfide) groups is 1. The second-order valence-corrected chi connectivity index (χ2v) is 6.58. The van der Waals surface area contributed by atoms with E-state index in [1.165, 1.54) is 11.8 Å². The molecule has 2 N–H and O–H groups in total. The van der Waals surface area contributed by atoms with E-state index >= 15 is 0 Å². The maximum absolute atomic E-state index is 12.1. The second-order valence-electron chi connectivity index (χ2n) is 3.99. The molecular weight excluding hydrogens is 256 g/mol. The maximum Gasteiger partial charge on any atom is 0.240 e. The molecule has 1 heterocycles. The van der Waals surface area contributed by atoms with Crippen LogP contribution in [0.15, 0.2) is 34.1 Å². The Morgan fingerprint density at radius 2 is 2.29 bits per heavy atom. The molecule has 0 amide bonds. The molecule has 2 rings (SSSR count). The third-order valence-corrected chi connectivity index (χ3v) is 4.98. The predicted molar refractivity (Wildman–Crippen MR) is 69.8 cm³/mol. The third kappa shape index (κ3) is 3.22. The Hall–Kier alpha value is -0.560. The second kappa shape index (κ2) is 5.39. The van der Waals surface area contributed by atoms with Crippen LogP contribution in [0.3, 0.4) is 0 Å². The Labute approximate surface area is 106 Å². The van der Waals surface area contributed by atoms with Gasteiger partial charge in [0.2, 0.25) is 10.0 Å². The van der Waals surface area contributed by atoms with Crippen molar-refractivity contribution >= 4 is 21.8 Å². The summed E-state index contributed by atoms with van der Waals surface area (Å²) in [5.74, 6) is 0. The van der Waals surface area contributed by atoms with Crippen molar-refractivity contribution in [2.24, 2.45) is 0 Å². The fraction of sp³-hybridized carbons (Fsp3) is 0.455. The molecule has 1 atom stereocenters. The average molecular weight is 272 g/mol. The van der Waals surface area contributed by atoms with E-state index in [9.17, 15) is 8.42 Å². The highest BCUT2D eigenvalue weighted by atomic mass is 32.2. The van der Waals surface area contributed by atoms with Gasteiger partial charge in [-0.3, -0.25) is 0 Å². The lowest BCUT2D eigenvalue weighted by molar-refractivity contribution is 0.560. The van der Waals surface area contributed by atoms with Gasteiger partial charge in [-0.15, -0.1) is 11.8 Å². The topological polar surface area (TPSA) is 58.2 Å². The van der Waals surface area contributed by atoms with Crippen LogP contribution < -0.4 is 10.0 Å². The van der Waals surface area contributed by atoms with Gasteiger partial charge >= 0.3 is 0 Å². The minimum atomic E-state index is -3.38. The largest absolute Gasteiger partial charge is 0.315 e. The zero-order valence-electron chi connectivity index (χ0n) is 9.64. The standard InChI is InChI=1S/C11H16N2O2S2/c1-16-10-3-2-4-11(7-10)17(14,15)13-9-5-6-12-8-9/h2-4,7,9,12-13H,5-6,8H2,1H3. The monoisotopic (exact) mass is 272 g/mol. The molecule has 17 heavy (non-hydrogen) atoms. The van der Waals surface area contributed by atoms with Crippen molar-refractivity contribution in [3.8, 4) is 0 Å². The number of benzene rings is 1. The van der Waals surface area contributed by atoms with Gasteiger partial charge in [0, 0.05) is 17.5 Å². The summed E-state index contributed by atoms with van der Waals surface area (Å²) >= 11 is 1.54. The zero-order chi connectivity index (χ0) is 12.3. The normalized spacial score (nSPS) is 20.6. The third-order valence-electron chi connectivity index (χ3n) is 2.73. The fourth-order valence-corrected chi connectivity index (χ4v) is 3.66. The summed E-state index contributed by atoms with van der Waals surface area (Å²) in [5, 5.41) is 3.14. The van der Waals surface area contributed by atoms with Gasteiger partial charge in [0.1, 0.15) is 0 Å². The van der Waals surface area contributed by atoms with E-state index in [0.29, 0.717) is 11.4 Å². The van der Waals surface area contributed by atoms with Crippen molar-refractivity contribution in [2.75, 3.05) is 19.3 Å². The number of nitrogens with one attached hydrogen (secondary N) is 2. The molecule has 6 heteroatoms. The van der Waals surface area contributed by atoms with Crippen LogP contribution in [-0.2, 0) is 10.0 Å². The molecule has 1 fully saturated rings. The van der Waals surface area contributed by atoms with Gasteiger partial charge in [0.25, 0.3) is 0 Å². The average Bonchev–Trinajstić information content (AvgIpc) is 2.81. The summed E-state index contributed by atoms with van der Waals surface area (Å²) in [5.41, 5.74) is 0. The Bertz CT molecular complexity index is 482. The Balaban J connectivity index is 2.18. The van der Waals surface area contributed by atoms with E-state index in [-0.39, 0.29) is 6.04 Å². The van der Waals surface area contributed by atoms with E-state index in [1.807, 2.05) is 12.3 Å². The summed E-state index contributed by atoms with van der Waals surface area (Å²) < 4.78 is 26.9. The molecule has 0 bridgehead atoms. The zero-order valence-corrected chi connectivity index (χ0v) is 11.3. The molecule has 0 aliphatic carbocycles. The first kappa shape index (κ1) is 12.9. The first-order valence-corrected chi connectivity index (χ1v) is 8.20. The van der Waals surface area contributed by atoms with Crippen LogP contribution in [0.2, 0.25) is 0 Å². The van der Waals surface area contributed by atoms with E-state index < -0.39 is 10.0 Å². The fourth-order valence-electron chi connectivity index (χ4n) is 1.81. The van der Waals surface area contributed by atoms with Crippen LogP contribution in [0.1, 0.15) is 6.42 Å². The van der Waals surface area contributed by atoms with Crippen molar-refractivity contribution in [1.29, 1.82) is 0 Å². The molecule has 0 saturated carbocycles. The molecule has 0 spiro atoms.